The molecular formula is C16H23N5O4. The Labute approximate surface area is 146 Å². The van der Waals surface area contributed by atoms with Crippen LogP contribution in [0.15, 0.2) is 28.9 Å². The molecule has 3 heterocycles. The van der Waals surface area contributed by atoms with E-state index in [4.69, 9.17) is 19.1 Å². The van der Waals surface area contributed by atoms with Gasteiger partial charge in [0, 0.05) is 38.6 Å². The van der Waals surface area contributed by atoms with Gasteiger partial charge in [-0.25, -0.2) is 0 Å². The molecule has 0 saturated carbocycles. The number of pyridine rings is 1. The highest BCUT2D eigenvalue weighted by Gasteiger charge is 2.13. The van der Waals surface area contributed by atoms with Gasteiger partial charge in [-0.3, -0.25) is 19.6 Å². The van der Waals surface area contributed by atoms with E-state index >= 15 is 0 Å². The molecule has 1 N–H and O–H groups in total. The normalized spacial score (nSPS) is 14.8. The predicted molar refractivity (Wildman–Crippen MR) is 89.8 cm³/mol. The molecule has 0 bridgehead atoms. The molecule has 136 valence electrons. The van der Waals surface area contributed by atoms with Crippen LogP contribution < -0.4 is 0 Å². The molecule has 9 nitrogen and oxygen atoms in total. The summed E-state index contributed by atoms with van der Waals surface area (Å²) < 4.78 is 11.0. The third kappa shape index (κ3) is 6.57. The molecule has 1 saturated heterocycles. The molecule has 0 atom stereocenters. The molecule has 1 fully saturated rings. The Morgan fingerprint density at radius 3 is 2.80 bits per heavy atom. The number of hydrogen-bond acceptors (Lipinski definition) is 8. The Balaban J connectivity index is 0.000000701. The largest absolute Gasteiger partial charge is 0.483 e. The summed E-state index contributed by atoms with van der Waals surface area (Å²) in [6.45, 7) is 6.09. The molecule has 0 amide bonds. The monoisotopic (exact) mass is 349 g/mol. The minimum absolute atomic E-state index is 0.250. The van der Waals surface area contributed by atoms with Crippen molar-refractivity contribution in [2.75, 3.05) is 46.4 Å². The van der Waals surface area contributed by atoms with Gasteiger partial charge in [0.1, 0.15) is 0 Å². The van der Waals surface area contributed by atoms with E-state index in [9.17, 15) is 0 Å². The number of ether oxygens (including phenoxy) is 1. The van der Waals surface area contributed by atoms with E-state index < -0.39 is 0 Å². The van der Waals surface area contributed by atoms with Crippen LogP contribution in [0.2, 0.25) is 0 Å². The number of carbonyl (C=O) groups is 1. The number of nitrogens with zero attached hydrogens (tertiary/aromatic N) is 5. The quantitative estimate of drug-likeness (QED) is 0.750. The molecule has 0 unspecified atom stereocenters. The molecule has 0 spiro atoms. The van der Waals surface area contributed by atoms with Crippen LogP contribution in [0.25, 0.3) is 11.5 Å². The third-order valence-corrected chi connectivity index (χ3v) is 3.68. The van der Waals surface area contributed by atoms with Gasteiger partial charge in [0.05, 0.1) is 25.3 Å². The van der Waals surface area contributed by atoms with Gasteiger partial charge in [0.25, 0.3) is 6.47 Å². The highest BCUT2D eigenvalue weighted by molar-refractivity contribution is 5.49. The van der Waals surface area contributed by atoms with Crippen LogP contribution in [0, 0.1) is 0 Å². The van der Waals surface area contributed by atoms with Gasteiger partial charge in [-0.1, -0.05) is 0 Å². The van der Waals surface area contributed by atoms with Crippen molar-refractivity contribution in [1.82, 2.24) is 25.0 Å². The van der Waals surface area contributed by atoms with Gasteiger partial charge in [-0.2, -0.15) is 0 Å². The number of carboxylic acid groups (broad SMARTS) is 1. The van der Waals surface area contributed by atoms with Gasteiger partial charge in [0.15, 0.2) is 0 Å². The zero-order valence-corrected chi connectivity index (χ0v) is 14.2. The summed E-state index contributed by atoms with van der Waals surface area (Å²) in [7, 11) is 2.06. The van der Waals surface area contributed by atoms with Crippen molar-refractivity contribution in [1.29, 1.82) is 0 Å². The third-order valence-electron chi connectivity index (χ3n) is 3.68. The van der Waals surface area contributed by atoms with Crippen LogP contribution in [0.5, 0.6) is 0 Å². The van der Waals surface area contributed by atoms with E-state index in [0.717, 1.165) is 45.0 Å². The Morgan fingerprint density at radius 2 is 2.12 bits per heavy atom. The highest BCUT2D eigenvalue weighted by atomic mass is 16.5. The molecule has 2 aromatic rings. The zero-order valence-electron chi connectivity index (χ0n) is 14.2. The van der Waals surface area contributed by atoms with Crippen LogP contribution in [0.3, 0.4) is 0 Å². The molecule has 2 aromatic heterocycles. The number of likely N-dealkylation sites (N-methyl/N-ethyl adjacent to an activating group) is 1. The maximum atomic E-state index is 8.36. The Kier molecular flexibility index (Phi) is 7.96. The summed E-state index contributed by atoms with van der Waals surface area (Å²) in [6.07, 6.45) is 3.44. The van der Waals surface area contributed by atoms with E-state index in [-0.39, 0.29) is 6.47 Å². The van der Waals surface area contributed by atoms with Crippen molar-refractivity contribution in [2.45, 2.75) is 6.54 Å². The lowest BCUT2D eigenvalue weighted by molar-refractivity contribution is -0.122. The molecule has 0 aliphatic carbocycles. The summed E-state index contributed by atoms with van der Waals surface area (Å²) in [4.78, 5) is 17.0. The molecule has 0 aromatic carbocycles. The Hall–Kier alpha value is -2.36. The van der Waals surface area contributed by atoms with E-state index in [1.807, 2.05) is 12.1 Å². The highest BCUT2D eigenvalue weighted by Crippen LogP contribution is 2.16. The fraction of sp³-hybridized carbons (Fsp3) is 0.500. The lowest BCUT2D eigenvalue weighted by atomic mass is 10.3. The standard InChI is InChI=1S/C15H21N5O2.CH2O2/c1-19(5-6-20-7-9-21-10-8-20)12-14-17-18-15(22-14)13-3-2-4-16-11-13;2-1-3/h2-4,11H,5-10,12H2,1H3;1H,(H,2,3). The number of rotatable bonds is 6. The molecule has 1 aliphatic heterocycles. The van der Waals surface area contributed by atoms with Crippen LogP contribution >= 0.6 is 0 Å². The maximum Gasteiger partial charge on any atom is 0.290 e. The van der Waals surface area contributed by atoms with Crippen molar-refractivity contribution >= 4 is 6.47 Å². The Bertz CT molecular complexity index is 616. The minimum Gasteiger partial charge on any atom is -0.483 e. The first-order valence-corrected chi connectivity index (χ1v) is 8.02. The second kappa shape index (κ2) is 10.5. The van der Waals surface area contributed by atoms with Gasteiger partial charge in [0.2, 0.25) is 11.8 Å². The number of aromatic nitrogens is 3. The van der Waals surface area contributed by atoms with Crippen LogP contribution in [-0.2, 0) is 16.1 Å². The summed E-state index contributed by atoms with van der Waals surface area (Å²) in [5, 5.41) is 15.1. The minimum atomic E-state index is -0.250. The summed E-state index contributed by atoms with van der Waals surface area (Å²) in [6, 6.07) is 3.76. The molecule has 9 heteroatoms. The molecule has 1 aliphatic rings. The average molecular weight is 349 g/mol. The molecule has 3 rings (SSSR count). The van der Waals surface area contributed by atoms with Crippen molar-refractivity contribution in [3.63, 3.8) is 0 Å². The fourth-order valence-electron chi connectivity index (χ4n) is 2.37. The predicted octanol–water partition coefficient (Wildman–Crippen LogP) is 0.596. The first-order chi connectivity index (χ1) is 12.2. The first kappa shape index (κ1) is 19.0. The molecule has 0 radical (unpaired) electrons. The van der Waals surface area contributed by atoms with E-state index in [1.54, 1.807) is 12.4 Å². The van der Waals surface area contributed by atoms with E-state index in [0.29, 0.717) is 18.3 Å². The lowest BCUT2D eigenvalue weighted by Crippen LogP contribution is -2.40. The van der Waals surface area contributed by atoms with Crippen molar-refractivity contribution in [3.8, 4) is 11.5 Å². The summed E-state index contributed by atoms with van der Waals surface area (Å²) >= 11 is 0. The topological polar surface area (TPSA) is 105 Å². The second-order valence-corrected chi connectivity index (χ2v) is 5.54. The zero-order chi connectivity index (χ0) is 17.9. The van der Waals surface area contributed by atoms with E-state index in [2.05, 4.69) is 32.0 Å². The van der Waals surface area contributed by atoms with Crippen LogP contribution in [-0.4, -0.2) is 83.0 Å². The fourth-order valence-corrected chi connectivity index (χ4v) is 2.37. The van der Waals surface area contributed by atoms with Crippen LogP contribution in [0.4, 0.5) is 0 Å². The lowest BCUT2D eigenvalue weighted by Gasteiger charge is -2.28. The number of morpholine rings is 1. The van der Waals surface area contributed by atoms with E-state index in [1.165, 1.54) is 0 Å². The number of hydrogen-bond donors (Lipinski definition) is 1. The Morgan fingerprint density at radius 1 is 1.36 bits per heavy atom. The second-order valence-electron chi connectivity index (χ2n) is 5.54. The summed E-state index contributed by atoms with van der Waals surface area (Å²) in [5.74, 6) is 1.15. The van der Waals surface area contributed by atoms with Crippen molar-refractivity contribution < 1.29 is 19.1 Å². The molecule has 25 heavy (non-hydrogen) atoms. The summed E-state index contributed by atoms with van der Waals surface area (Å²) in [5.41, 5.74) is 0.845. The van der Waals surface area contributed by atoms with Gasteiger partial charge >= 0.3 is 0 Å². The molecular weight excluding hydrogens is 326 g/mol. The van der Waals surface area contributed by atoms with Crippen molar-refractivity contribution in [3.05, 3.63) is 30.4 Å². The van der Waals surface area contributed by atoms with Gasteiger partial charge < -0.3 is 14.3 Å². The maximum absolute atomic E-state index is 8.36. The average Bonchev–Trinajstić information content (AvgIpc) is 3.11. The van der Waals surface area contributed by atoms with Gasteiger partial charge in [-0.15, -0.1) is 10.2 Å². The SMILES string of the molecule is CN(CCN1CCOCC1)Cc1nnc(-c2cccnc2)o1.O=CO. The smallest absolute Gasteiger partial charge is 0.290 e. The van der Waals surface area contributed by atoms with Gasteiger partial charge in [-0.05, 0) is 19.2 Å². The first-order valence-electron chi connectivity index (χ1n) is 8.02. The van der Waals surface area contributed by atoms with Crippen LogP contribution in [0.1, 0.15) is 5.89 Å². The van der Waals surface area contributed by atoms with Crippen molar-refractivity contribution in [2.24, 2.45) is 0 Å².